The number of aromatic nitrogens is 1. The van der Waals surface area contributed by atoms with Gasteiger partial charge in [0.15, 0.2) is 5.75 Å². The van der Waals surface area contributed by atoms with Crippen molar-refractivity contribution in [1.82, 2.24) is 4.98 Å². The molecule has 0 aliphatic heterocycles. The number of hydrogen-bond acceptors (Lipinski definition) is 4. The summed E-state index contributed by atoms with van der Waals surface area (Å²) in [6.07, 6.45) is 1.72. The molecule has 0 saturated carbocycles. The summed E-state index contributed by atoms with van der Waals surface area (Å²) in [5, 5.41) is 10.6. The highest BCUT2D eigenvalue weighted by atomic mass is 79.9. The lowest BCUT2D eigenvalue weighted by atomic mass is 10.2. The van der Waals surface area contributed by atoms with E-state index in [4.69, 9.17) is 14.4 Å². The number of rotatable bonds is 3. The van der Waals surface area contributed by atoms with Crippen LogP contribution >= 0.6 is 15.9 Å². The Balaban J connectivity index is 2.03. The molecule has 0 atom stereocenters. The standard InChI is InChI=1S/C15H9BrN2O2/c16-7-10-5-6-14(18-9-10)20-15-11-3-1-2-4-12(11)19-13(15)8-17/h1-6,9H,7H2. The number of hydrogen-bond donors (Lipinski definition) is 0. The van der Waals surface area contributed by atoms with Gasteiger partial charge in [-0.25, -0.2) is 4.98 Å². The maximum atomic E-state index is 9.13. The predicted molar refractivity (Wildman–Crippen MR) is 77.9 cm³/mol. The van der Waals surface area contributed by atoms with E-state index >= 15 is 0 Å². The van der Waals surface area contributed by atoms with E-state index in [9.17, 15) is 0 Å². The molecular formula is C15H9BrN2O2. The molecule has 0 amide bonds. The van der Waals surface area contributed by atoms with Gasteiger partial charge in [0.05, 0.1) is 5.39 Å². The average Bonchev–Trinajstić information content (AvgIpc) is 2.86. The maximum absolute atomic E-state index is 9.13. The van der Waals surface area contributed by atoms with Gasteiger partial charge < -0.3 is 9.15 Å². The molecule has 0 bridgehead atoms. The lowest BCUT2D eigenvalue weighted by Gasteiger charge is -2.03. The van der Waals surface area contributed by atoms with Gasteiger partial charge in [0.1, 0.15) is 11.7 Å². The minimum Gasteiger partial charge on any atom is -0.442 e. The normalized spacial score (nSPS) is 10.4. The summed E-state index contributed by atoms with van der Waals surface area (Å²) in [7, 11) is 0. The Labute approximate surface area is 123 Å². The van der Waals surface area contributed by atoms with Crippen LogP contribution in [0.5, 0.6) is 11.6 Å². The predicted octanol–water partition coefficient (Wildman–Crippen LogP) is 4.39. The third-order valence-electron chi connectivity index (χ3n) is 2.81. The maximum Gasteiger partial charge on any atom is 0.247 e. The molecule has 0 radical (unpaired) electrons. The van der Waals surface area contributed by atoms with Crippen LogP contribution in [0.2, 0.25) is 0 Å². The number of nitrogens with zero attached hydrogens (tertiary/aromatic N) is 2. The molecule has 20 heavy (non-hydrogen) atoms. The Bertz CT molecular complexity index is 788. The third kappa shape index (κ3) is 2.26. The van der Waals surface area contributed by atoms with Gasteiger partial charge in [0.2, 0.25) is 11.6 Å². The summed E-state index contributed by atoms with van der Waals surface area (Å²) in [5.41, 5.74) is 1.67. The summed E-state index contributed by atoms with van der Waals surface area (Å²) < 4.78 is 11.2. The highest BCUT2D eigenvalue weighted by Crippen LogP contribution is 2.35. The molecule has 0 spiro atoms. The number of nitriles is 1. The Hall–Kier alpha value is -2.32. The van der Waals surface area contributed by atoms with Gasteiger partial charge in [-0.3, -0.25) is 0 Å². The van der Waals surface area contributed by atoms with Crippen LogP contribution in [0.3, 0.4) is 0 Å². The van der Waals surface area contributed by atoms with Crippen LogP contribution < -0.4 is 4.74 Å². The van der Waals surface area contributed by atoms with E-state index in [0.717, 1.165) is 16.3 Å². The second-order valence-electron chi connectivity index (χ2n) is 4.11. The lowest BCUT2D eigenvalue weighted by Crippen LogP contribution is -1.89. The first kappa shape index (κ1) is 12.7. The SMILES string of the molecule is N#Cc1oc2ccccc2c1Oc1ccc(CBr)cn1. The van der Waals surface area contributed by atoms with Crippen molar-refractivity contribution >= 4 is 26.9 Å². The Kier molecular flexibility index (Phi) is 3.40. The summed E-state index contributed by atoms with van der Waals surface area (Å²) >= 11 is 3.36. The van der Waals surface area contributed by atoms with Crippen molar-refractivity contribution in [3.63, 3.8) is 0 Å². The number of alkyl halides is 1. The molecule has 0 saturated heterocycles. The van der Waals surface area contributed by atoms with E-state index in [1.807, 2.05) is 30.3 Å². The lowest BCUT2D eigenvalue weighted by molar-refractivity contribution is 0.450. The number of furan rings is 1. The fourth-order valence-corrected chi connectivity index (χ4v) is 2.18. The van der Waals surface area contributed by atoms with Crippen LogP contribution in [-0.2, 0) is 5.33 Å². The molecule has 98 valence electrons. The average molecular weight is 329 g/mol. The van der Waals surface area contributed by atoms with Gasteiger partial charge in [-0.15, -0.1) is 0 Å². The molecule has 0 aliphatic rings. The number of para-hydroxylation sites is 1. The number of ether oxygens (including phenoxy) is 1. The van der Waals surface area contributed by atoms with E-state index in [-0.39, 0.29) is 5.76 Å². The van der Waals surface area contributed by atoms with E-state index in [1.165, 1.54) is 0 Å². The molecule has 0 unspecified atom stereocenters. The van der Waals surface area contributed by atoms with E-state index < -0.39 is 0 Å². The van der Waals surface area contributed by atoms with Crippen molar-refractivity contribution in [1.29, 1.82) is 5.26 Å². The topological polar surface area (TPSA) is 59.0 Å². The zero-order valence-electron chi connectivity index (χ0n) is 10.3. The number of halogens is 1. The van der Waals surface area contributed by atoms with Crippen LogP contribution in [0.15, 0.2) is 47.0 Å². The van der Waals surface area contributed by atoms with Gasteiger partial charge in [-0.2, -0.15) is 5.26 Å². The number of benzene rings is 1. The molecule has 0 N–H and O–H groups in total. The van der Waals surface area contributed by atoms with Crippen LogP contribution in [0.25, 0.3) is 11.0 Å². The fourth-order valence-electron chi connectivity index (χ4n) is 1.85. The summed E-state index contributed by atoms with van der Waals surface area (Å²) in [6, 6.07) is 13.0. The van der Waals surface area contributed by atoms with Crippen molar-refractivity contribution in [3.8, 4) is 17.7 Å². The van der Waals surface area contributed by atoms with Crippen molar-refractivity contribution in [2.24, 2.45) is 0 Å². The second-order valence-corrected chi connectivity index (χ2v) is 4.67. The van der Waals surface area contributed by atoms with Crippen molar-refractivity contribution in [3.05, 3.63) is 53.9 Å². The smallest absolute Gasteiger partial charge is 0.247 e. The second kappa shape index (κ2) is 5.35. The highest BCUT2D eigenvalue weighted by Gasteiger charge is 2.16. The molecule has 3 aromatic rings. The van der Waals surface area contributed by atoms with Crippen LogP contribution in [0, 0.1) is 11.3 Å². The van der Waals surface area contributed by atoms with Gasteiger partial charge in [-0.1, -0.05) is 34.1 Å². The summed E-state index contributed by atoms with van der Waals surface area (Å²) in [5.74, 6) is 0.984. The number of pyridine rings is 1. The zero-order chi connectivity index (χ0) is 13.9. The Morgan fingerprint density at radius 1 is 1.25 bits per heavy atom. The first-order valence-corrected chi connectivity index (χ1v) is 7.04. The molecule has 5 heteroatoms. The Morgan fingerprint density at radius 2 is 2.10 bits per heavy atom. The minimum absolute atomic E-state index is 0.151. The van der Waals surface area contributed by atoms with Crippen molar-refractivity contribution in [2.45, 2.75) is 5.33 Å². The summed E-state index contributed by atoms with van der Waals surface area (Å²) in [6.45, 7) is 0. The summed E-state index contributed by atoms with van der Waals surface area (Å²) in [4.78, 5) is 4.20. The molecule has 0 aliphatic carbocycles. The van der Waals surface area contributed by atoms with Crippen LogP contribution in [-0.4, -0.2) is 4.98 Å². The van der Waals surface area contributed by atoms with E-state index in [0.29, 0.717) is 17.2 Å². The first-order chi connectivity index (χ1) is 9.81. The fraction of sp³-hybridized carbons (Fsp3) is 0.0667. The highest BCUT2D eigenvalue weighted by molar-refractivity contribution is 9.08. The molecule has 2 heterocycles. The zero-order valence-corrected chi connectivity index (χ0v) is 11.9. The third-order valence-corrected chi connectivity index (χ3v) is 3.46. The van der Waals surface area contributed by atoms with Crippen molar-refractivity contribution in [2.75, 3.05) is 0 Å². The van der Waals surface area contributed by atoms with E-state index in [2.05, 4.69) is 20.9 Å². The van der Waals surface area contributed by atoms with Crippen molar-refractivity contribution < 1.29 is 9.15 Å². The number of fused-ring (bicyclic) bond motifs is 1. The van der Waals surface area contributed by atoms with Crippen LogP contribution in [0.1, 0.15) is 11.3 Å². The largest absolute Gasteiger partial charge is 0.442 e. The molecule has 3 rings (SSSR count). The molecule has 0 fully saturated rings. The van der Waals surface area contributed by atoms with Crippen LogP contribution in [0.4, 0.5) is 0 Å². The molecular weight excluding hydrogens is 320 g/mol. The minimum atomic E-state index is 0.151. The Morgan fingerprint density at radius 3 is 2.80 bits per heavy atom. The van der Waals surface area contributed by atoms with Gasteiger partial charge in [0.25, 0.3) is 0 Å². The van der Waals surface area contributed by atoms with E-state index in [1.54, 1.807) is 18.3 Å². The molecule has 2 aromatic heterocycles. The van der Waals surface area contributed by atoms with Gasteiger partial charge in [-0.05, 0) is 17.7 Å². The first-order valence-electron chi connectivity index (χ1n) is 5.92. The quantitative estimate of drug-likeness (QED) is 0.669. The van der Waals surface area contributed by atoms with Gasteiger partial charge in [0, 0.05) is 17.6 Å². The van der Waals surface area contributed by atoms with Gasteiger partial charge >= 0.3 is 0 Å². The molecule has 4 nitrogen and oxygen atoms in total. The monoisotopic (exact) mass is 328 g/mol. The molecule has 1 aromatic carbocycles.